The van der Waals surface area contributed by atoms with Crippen molar-refractivity contribution in [3.05, 3.63) is 41.3 Å². The molecule has 152 valence electrons. The average Bonchev–Trinajstić information content (AvgIpc) is 3.13. The number of nitrogens with zero attached hydrogens (tertiary/aromatic N) is 3. The Balaban J connectivity index is 1.56. The quantitative estimate of drug-likeness (QED) is 0.648. The number of ether oxygens (including phenoxy) is 2. The van der Waals surface area contributed by atoms with Gasteiger partial charge in [-0.25, -0.2) is 0 Å². The van der Waals surface area contributed by atoms with E-state index in [1.807, 2.05) is 30.0 Å². The van der Waals surface area contributed by atoms with Gasteiger partial charge in [-0.1, -0.05) is 18.5 Å². The number of carbonyl (C=O) groups excluding carboxylic acids is 1. The zero-order chi connectivity index (χ0) is 19.9. The molecule has 0 radical (unpaired) electrons. The maximum atomic E-state index is 12.9. The Bertz CT molecular complexity index is 782. The largest absolute Gasteiger partial charge is 0.493 e. The van der Waals surface area contributed by atoms with Crippen molar-refractivity contribution >= 4 is 5.91 Å². The van der Waals surface area contributed by atoms with Crippen LogP contribution in [0.15, 0.2) is 28.8 Å². The van der Waals surface area contributed by atoms with E-state index < -0.39 is 0 Å². The van der Waals surface area contributed by atoms with Gasteiger partial charge in [0.25, 0.3) is 5.91 Å². The number of aryl methyl sites for hydroxylation is 1. The molecule has 1 aliphatic heterocycles. The lowest BCUT2D eigenvalue weighted by Crippen LogP contribution is -2.48. The second kappa shape index (κ2) is 9.59. The van der Waals surface area contributed by atoms with Crippen molar-refractivity contribution in [2.45, 2.75) is 33.2 Å². The number of amides is 1. The molecule has 1 saturated heterocycles. The molecule has 2 heterocycles. The lowest BCUT2D eigenvalue weighted by Gasteiger charge is -2.34. The summed E-state index contributed by atoms with van der Waals surface area (Å²) in [6, 6.07) is 7.36. The minimum atomic E-state index is 0.0218. The van der Waals surface area contributed by atoms with Crippen molar-refractivity contribution in [2.24, 2.45) is 0 Å². The summed E-state index contributed by atoms with van der Waals surface area (Å²) in [4.78, 5) is 17.0. The second-order valence-electron chi connectivity index (χ2n) is 7.07. The smallest absolute Gasteiger partial charge is 0.254 e. The molecule has 0 atom stereocenters. The highest BCUT2D eigenvalue weighted by Gasteiger charge is 2.23. The van der Waals surface area contributed by atoms with E-state index in [0.29, 0.717) is 36.8 Å². The Labute approximate surface area is 166 Å². The molecule has 0 unspecified atom stereocenters. The number of unbranched alkanes of at least 4 members (excludes halogenated alkanes) is 1. The van der Waals surface area contributed by atoms with Gasteiger partial charge in [0.1, 0.15) is 0 Å². The number of hydrogen-bond acceptors (Lipinski definition) is 6. The van der Waals surface area contributed by atoms with Gasteiger partial charge in [0, 0.05) is 37.8 Å². The van der Waals surface area contributed by atoms with E-state index in [1.54, 1.807) is 13.2 Å². The minimum Gasteiger partial charge on any atom is -0.493 e. The number of piperazine rings is 1. The van der Waals surface area contributed by atoms with Crippen LogP contribution in [0.1, 0.15) is 41.6 Å². The molecule has 0 saturated carbocycles. The zero-order valence-electron chi connectivity index (χ0n) is 16.9. The van der Waals surface area contributed by atoms with Crippen LogP contribution in [0.3, 0.4) is 0 Å². The number of hydrogen-bond donors (Lipinski definition) is 0. The molecule has 1 aromatic heterocycles. The third-order valence-corrected chi connectivity index (χ3v) is 4.88. The van der Waals surface area contributed by atoms with Gasteiger partial charge in [-0.3, -0.25) is 9.69 Å². The minimum absolute atomic E-state index is 0.0218. The van der Waals surface area contributed by atoms with Gasteiger partial charge in [0.2, 0.25) is 0 Å². The van der Waals surface area contributed by atoms with Crippen molar-refractivity contribution in [3.63, 3.8) is 0 Å². The summed E-state index contributed by atoms with van der Waals surface area (Å²) >= 11 is 0. The highest BCUT2D eigenvalue weighted by atomic mass is 16.5. The molecule has 2 aromatic rings. The number of methoxy groups -OCH3 is 1. The standard InChI is InChI=1S/C21H29N3O4/c1-4-5-12-27-19-7-6-17(14-20(19)26-3)21(25)24-10-8-23(9-11-24)15-18-13-16(2)22-28-18/h6-7,13-14H,4-5,8-12,15H2,1-3H3. The molecule has 0 N–H and O–H groups in total. The number of aromatic nitrogens is 1. The molecule has 0 bridgehead atoms. The number of benzene rings is 1. The van der Waals surface area contributed by atoms with Crippen LogP contribution in [0.25, 0.3) is 0 Å². The maximum Gasteiger partial charge on any atom is 0.254 e. The molecular formula is C21H29N3O4. The average molecular weight is 387 g/mol. The predicted octanol–water partition coefficient (Wildman–Crippen LogP) is 3.13. The van der Waals surface area contributed by atoms with Crippen molar-refractivity contribution < 1.29 is 18.8 Å². The number of rotatable bonds is 8. The van der Waals surface area contributed by atoms with E-state index >= 15 is 0 Å². The van der Waals surface area contributed by atoms with Crippen LogP contribution in [0, 0.1) is 6.92 Å². The van der Waals surface area contributed by atoms with Crippen LogP contribution in [-0.2, 0) is 6.54 Å². The van der Waals surface area contributed by atoms with Gasteiger partial charge in [0.05, 0.1) is 26.0 Å². The predicted molar refractivity (Wildman–Crippen MR) is 106 cm³/mol. The van der Waals surface area contributed by atoms with Gasteiger partial charge in [-0.2, -0.15) is 0 Å². The fourth-order valence-corrected chi connectivity index (χ4v) is 3.25. The third-order valence-electron chi connectivity index (χ3n) is 4.88. The summed E-state index contributed by atoms with van der Waals surface area (Å²) in [6.45, 7) is 8.38. The number of carbonyl (C=O) groups is 1. The SMILES string of the molecule is CCCCOc1ccc(C(=O)N2CCN(Cc3cc(C)no3)CC2)cc1OC. The van der Waals surface area contributed by atoms with E-state index in [9.17, 15) is 4.79 Å². The molecule has 0 aliphatic carbocycles. The van der Waals surface area contributed by atoms with Crippen LogP contribution in [-0.4, -0.2) is 60.8 Å². The van der Waals surface area contributed by atoms with Gasteiger partial charge < -0.3 is 18.9 Å². The molecule has 0 spiro atoms. The first-order chi connectivity index (χ1) is 13.6. The van der Waals surface area contributed by atoms with Crippen LogP contribution in [0.5, 0.6) is 11.5 Å². The first kappa shape index (κ1) is 20.2. The van der Waals surface area contributed by atoms with Crippen LogP contribution < -0.4 is 9.47 Å². The second-order valence-corrected chi connectivity index (χ2v) is 7.07. The zero-order valence-corrected chi connectivity index (χ0v) is 16.9. The highest BCUT2D eigenvalue weighted by molar-refractivity contribution is 5.95. The topological polar surface area (TPSA) is 68.0 Å². The summed E-state index contributed by atoms with van der Waals surface area (Å²) in [5.41, 5.74) is 1.51. The van der Waals surface area contributed by atoms with Crippen LogP contribution in [0.2, 0.25) is 0 Å². The van der Waals surface area contributed by atoms with E-state index in [0.717, 1.165) is 43.9 Å². The molecule has 7 nitrogen and oxygen atoms in total. The summed E-state index contributed by atoms with van der Waals surface area (Å²) in [6.07, 6.45) is 2.06. The summed E-state index contributed by atoms with van der Waals surface area (Å²) in [7, 11) is 1.60. The Morgan fingerprint density at radius 2 is 1.96 bits per heavy atom. The third kappa shape index (κ3) is 5.04. The molecule has 7 heteroatoms. The van der Waals surface area contributed by atoms with Crippen molar-refractivity contribution in [2.75, 3.05) is 39.9 Å². The van der Waals surface area contributed by atoms with Gasteiger partial charge in [-0.15, -0.1) is 0 Å². The van der Waals surface area contributed by atoms with Crippen molar-refractivity contribution in [1.29, 1.82) is 0 Å². The Kier molecular flexibility index (Phi) is 6.92. The summed E-state index contributed by atoms with van der Waals surface area (Å²) in [5.74, 6) is 2.16. The maximum absolute atomic E-state index is 12.9. The fraction of sp³-hybridized carbons (Fsp3) is 0.524. The van der Waals surface area contributed by atoms with E-state index in [1.165, 1.54) is 0 Å². The fourth-order valence-electron chi connectivity index (χ4n) is 3.25. The molecule has 3 rings (SSSR count). The molecule has 1 aliphatic rings. The van der Waals surface area contributed by atoms with Crippen LogP contribution >= 0.6 is 0 Å². The van der Waals surface area contributed by atoms with Crippen molar-refractivity contribution in [3.8, 4) is 11.5 Å². The van der Waals surface area contributed by atoms with Crippen LogP contribution in [0.4, 0.5) is 0 Å². The van der Waals surface area contributed by atoms with Gasteiger partial charge >= 0.3 is 0 Å². The summed E-state index contributed by atoms with van der Waals surface area (Å²) < 4.78 is 16.5. The lowest BCUT2D eigenvalue weighted by molar-refractivity contribution is 0.0617. The first-order valence-corrected chi connectivity index (χ1v) is 9.85. The molecule has 1 aromatic carbocycles. The first-order valence-electron chi connectivity index (χ1n) is 9.85. The normalized spacial score (nSPS) is 14.9. The van der Waals surface area contributed by atoms with Gasteiger partial charge in [0.15, 0.2) is 17.3 Å². The Morgan fingerprint density at radius 3 is 2.61 bits per heavy atom. The van der Waals surface area contributed by atoms with Gasteiger partial charge in [-0.05, 0) is 31.5 Å². The summed E-state index contributed by atoms with van der Waals surface area (Å²) in [5, 5.41) is 3.92. The molecule has 1 fully saturated rings. The Hall–Kier alpha value is -2.54. The highest BCUT2D eigenvalue weighted by Crippen LogP contribution is 2.29. The van der Waals surface area contributed by atoms with E-state index in [-0.39, 0.29) is 5.91 Å². The van der Waals surface area contributed by atoms with Crippen molar-refractivity contribution in [1.82, 2.24) is 15.0 Å². The Morgan fingerprint density at radius 1 is 1.18 bits per heavy atom. The van der Waals surface area contributed by atoms with E-state index in [2.05, 4.69) is 17.0 Å². The van der Waals surface area contributed by atoms with E-state index in [4.69, 9.17) is 14.0 Å². The molecule has 1 amide bonds. The molecule has 28 heavy (non-hydrogen) atoms. The monoisotopic (exact) mass is 387 g/mol. The lowest BCUT2D eigenvalue weighted by atomic mass is 10.1. The molecular weight excluding hydrogens is 358 g/mol.